The third-order valence-electron chi connectivity index (χ3n) is 4.08. The van der Waals surface area contributed by atoms with Crippen molar-refractivity contribution in [2.75, 3.05) is 13.1 Å². The summed E-state index contributed by atoms with van der Waals surface area (Å²) in [5, 5.41) is 3.75. The second-order valence-electron chi connectivity index (χ2n) is 5.33. The van der Waals surface area contributed by atoms with Crippen LogP contribution >= 0.6 is 11.5 Å². The second-order valence-corrected chi connectivity index (χ2v) is 6.11. The minimum Gasteiger partial charge on any atom is -0.337 e. The Morgan fingerprint density at radius 3 is 3.06 bits per heavy atom. The maximum atomic E-state index is 12.3. The van der Waals surface area contributed by atoms with E-state index in [0.29, 0.717) is 10.3 Å². The fraction of sp³-hybridized carbons (Fsp3) is 0.615. The van der Waals surface area contributed by atoms with Crippen molar-refractivity contribution in [1.29, 1.82) is 0 Å². The lowest BCUT2D eigenvalue weighted by atomic mass is 9.71. The Morgan fingerprint density at radius 1 is 1.39 bits per heavy atom. The first-order valence-corrected chi connectivity index (χ1v) is 7.28. The van der Waals surface area contributed by atoms with Gasteiger partial charge in [-0.05, 0) is 49.1 Å². The molecule has 0 aromatic carbocycles. The Kier molecular flexibility index (Phi) is 3.16. The van der Waals surface area contributed by atoms with E-state index in [4.69, 9.17) is 0 Å². The summed E-state index contributed by atoms with van der Waals surface area (Å²) < 4.78 is 3.78. The molecule has 18 heavy (non-hydrogen) atoms. The second kappa shape index (κ2) is 4.80. The highest BCUT2D eigenvalue weighted by Gasteiger charge is 2.37. The highest BCUT2D eigenvalue weighted by molar-refractivity contribution is 7.07. The van der Waals surface area contributed by atoms with Gasteiger partial charge in [0.15, 0.2) is 0 Å². The van der Waals surface area contributed by atoms with E-state index < -0.39 is 0 Å². The van der Waals surface area contributed by atoms with Gasteiger partial charge >= 0.3 is 0 Å². The van der Waals surface area contributed by atoms with E-state index in [2.05, 4.69) is 21.7 Å². The number of carbonyl (C=O) groups excluding carboxylic acids is 1. The van der Waals surface area contributed by atoms with Crippen LogP contribution in [0.25, 0.3) is 0 Å². The van der Waals surface area contributed by atoms with Crippen molar-refractivity contribution in [3.63, 3.8) is 0 Å². The quantitative estimate of drug-likeness (QED) is 0.731. The zero-order chi connectivity index (χ0) is 12.4. The lowest BCUT2D eigenvalue weighted by molar-refractivity contribution is 0.0488. The van der Waals surface area contributed by atoms with Gasteiger partial charge in [-0.15, -0.1) is 5.10 Å². The molecule has 2 aliphatic rings. The van der Waals surface area contributed by atoms with Crippen molar-refractivity contribution in [3.05, 3.63) is 23.2 Å². The highest BCUT2D eigenvalue weighted by atomic mass is 32.1. The molecule has 96 valence electrons. The summed E-state index contributed by atoms with van der Waals surface area (Å²) in [6.45, 7) is 1.77. The summed E-state index contributed by atoms with van der Waals surface area (Å²) in [6.07, 6.45) is 12.0. The molecular formula is C13H17N3OS. The molecule has 5 heteroatoms. The molecule has 1 aromatic rings. The van der Waals surface area contributed by atoms with Crippen LogP contribution < -0.4 is 0 Å². The monoisotopic (exact) mass is 263 g/mol. The topological polar surface area (TPSA) is 46.1 Å². The molecule has 1 amide bonds. The Labute approximate surface area is 111 Å². The highest BCUT2D eigenvalue weighted by Crippen LogP contribution is 2.41. The molecule has 0 bridgehead atoms. The summed E-state index contributed by atoms with van der Waals surface area (Å²) in [7, 11) is 0. The first-order chi connectivity index (χ1) is 8.79. The van der Waals surface area contributed by atoms with E-state index in [9.17, 15) is 4.79 Å². The van der Waals surface area contributed by atoms with Gasteiger partial charge in [0.05, 0.1) is 6.20 Å². The van der Waals surface area contributed by atoms with Crippen LogP contribution in [-0.4, -0.2) is 33.5 Å². The number of nitrogens with zero attached hydrogens (tertiary/aromatic N) is 3. The van der Waals surface area contributed by atoms with Crippen molar-refractivity contribution < 1.29 is 4.79 Å². The number of hydrogen-bond acceptors (Lipinski definition) is 4. The Morgan fingerprint density at radius 2 is 2.33 bits per heavy atom. The van der Waals surface area contributed by atoms with Crippen LogP contribution in [-0.2, 0) is 0 Å². The van der Waals surface area contributed by atoms with Gasteiger partial charge in [-0.2, -0.15) is 0 Å². The predicted octanol–water partition coefficient (Wildman–Crippen LogP) is 2.50. The van der Waals surface area contributed by atoms with E-state index >= 15 is 0 Å². The lowest BCUT2D eigenvalue weighted by Crippen LogP contribution is -2.46. The van der Waals surface area contributed by atoms with Gasteiger partial charge in [-0.3, -0.25) is 4.79 Å². The average molecular weight is 263 g/mol. The van der Waals surface area contributed by atoms with Crippen LogP contribution in [0.5, 0.6) is 0 Å². The molecule has 1 atom stereocenters. The summed E-state index contributed by atoms with van der Waals surface area (Å²) >= 11 is 1.19. The number of piperidine rings is 1. The summed E-state index contributed by atoms with van der Waals surface area (Å²) in [5.74, 6) is 0.110. The van der Waals surface area contributed by atoms with Gasteiger partial charge in [0.25, 0.3) is 5.91 Å². The molecule has 1 saturated heterocycles. The molecule has 4 nitrogen and oxygen atoms in total. The molecule has 1 aliphatic carbocycles. The molecule has 0 radical (unpaired) electrons. The number of likely N-dealkylation sites (tertiary alicyclic amines) is 1. The van der Waals surface area contributed by atoms with Crippen molar-refractivity contribution in [1.82, 2.24) is 14.5 Å². The minimum atomic E-state index is 0.110. The summed E-state index contributed by atoms with van der Waals surface area (Å²) in [6, 6.07) is 0. The zero-order valence-electron chi connectivity index (χ0n) is 10.3. The number of carbonyl (C=O) groups is 1. The molecule has 1 aromatic heterocycles. The molecule has 0 saturated carbocycles. The van der Waals surface area contributed by atoms with Crippen LogP contribution in [0, 0.1) is 5.41 Å². The summed E-state index contributed by atoms with van der Waals surface area (Å²) in [5.41, 5.74) is 0.334. The van der Waals surface area contributed by atoms with E-state index in [0.717, 1.165) is 32.4 Å². The molecule has 1 fully saturated rings. The largest absolute Gasteiger partial charge is 0.337 e. The maximum Gasteiger partial charge on any atom is 0.267 e. The van der Waals surface area contributed by atoms with Crippen molar-refractivity contribution >= 4 is 17.4 Å². The number of hydrogen-bond donors (Lipinski definition) is 0. The number of amides is 1. The van der Waals surface area contributed by atoms with E-state index in [1.165, 1.54) is 24.4 Å². The molecule has 0 unspecified atom stereocenters. The van der Waals surface area contributed by atoms with Gasteiger partial charge in [-0.1, -0.05) is 16.6 Å². The Bertz CT molecular complexity index is 457. The minimum absolute atomic E-state index is 0.110. The van der Waals surface area contributed by atoms with E-state index in [1.54, 1.807) is 6.20 Å². The van der Waals surface area contributed by atoms with Crippen molar-refractivity contribution in [3.8, 4) is 0 Å². The van der Waals surface area contributed by atoms with Crippen molar-refractivity contribution in [2.24, 2.45) is 5.41 Å². The third-order valence-corrected chi connectivity index (χ3v) is 4.73. The van der Waals surface area contributed by atoms with Crippen LogP contribution in [0.4, 0.5) is 0 Å². The maximum absolute atomic E-state index is 12.3. The molecule has 1 spiro atoms. The average Bonchev–Trinajstić information content (AvgIpc) is 2.93. The lowest BCUT2D eigenvalue weighted by Gasteiger charge is -2.43. The fourth-order valence-corrected chi connectivity index (χ4v) is 3.60. The van der Waals surface area contributed by atoms with Crippen LogP contribution in [0.1, 0.15) is 41.8 Å². The molecule has 0 N–H and O–H groups in total. The van der Waals surface area contributed by atoms with E-state index in [1.807, 2.05) is 4.90 Å². The van der Waals surface area contributed by atoms with Gasteiger partial charge in [-0.25, -0.2) is 0 Å². The smallest absolute Gasteiger partial charge is 0.267 e. The van der Waals surface area contributed by atoms with Gasteiger partial charge < -0.3 is 4.90 Å². The van der Waals surface area contributed by atoms with Gasteiger partial charge in [0, 0.05) is 13.1 Å². The standard InChI is InChI=1S/C13H17N3OS/c17-12(11-9-14-15-18-11)16-8-4-7-13(10-16)5-2-1-3-6-13/h1-2,9H,3-8,10H2/t13-/m0/s1. The molecule has 2 heterocycles. The first-order valence-electron chi connectivity index (χ1n) is 6.51. The molecular weight excluding hydrogens is 246 g/mol. The van der Waals surface area contributed by atoms with Crippen molar-refractivity contribution in [2.45, 2.75) is 32.1 Å². The third kappa shape index (κ3) is 2.19. The molecule has 3 rings (SSSR count). The normalized spacial score (nSPS) is 27.7. The fourth-order valence-electron chi connectivity index (χ4n) is 3.11. The van der Waals surface area contributed by atoms with Gasteiger partial charge in [0.1, 0.15) is 4.88 Å². The Balaban J connectivity index is 1.74. The number of aromatic nitrogens is 2. The van der Waals surface area contributed by atoms with Crippen LogP contribution in [0.15, 0.2) is 18.3 Å². The SMILES string of the molecule is O=C(c1cnns1)N1CCC[C@@]2(CC=CCC2)C1. The first kappa shape index (κ1) is 11.8. The zero-order valence-corrected chi connectivity index (χ0v) is 11.2. The Hall–Kier alpha value is -1.23. The van der Waals surface area contributed by atoms with Gasteiger partial charge in [0.2, 0.25) is 0 Å². The molecule has 1 aliphatic heterocycles. The van der Waals surface area contributed by atoms with Crippen LogP contribution in [0.2, 0.25) is 0 Å². The number of allylic oxidation sites excluding steroid dienone is 2. The summed E-state index contributed by atoms with van der Waals surface area (Å²) in [4.78, 5) is 15.0. The van der Waals surface area contributed by atoms with E-state index in [-0.39, 0.29) is 5.91 Å². The van der Waals surface area contributed by atoms with Crippen LogP contribution in [0.3, 0.4) is 0 Å². The number of rotatable bonds is 1. The predicted molar refractivity (Wildman–Crippen MR) is 70.5 cm³/mol.